The lowest BCUT2D eigenvalue weighted by atomic mass is 10.1. The molecule has 1 N–H and O–H groups in total. The molecule has 0 amide bonds. The van der Waals surface area contributed by atoms with Crippen LogP contribution in [0.5, 0.6) is 0 Å². The predicted molar refractivity (Wildman–Crippen MR) is 73.4 cm³/mol. The molecular weight excluding hydrogens is 212 g/mol. The van der Waals surface area contributed by atoms with Gasteiger partial charge in [-0.3, -0.25) is 0 Å². The molecule has 1 fully saturated rings. The second kappa shape index (κ2) is 8.06. The Kier molecular flexibility index (Phi) is 7.09. The van der Waals surface area contributed by atoms with Gasteiger partial charge < -0.3 is 15.0 Å². The van der Waals surface area contributed by atoms with E-state index in [4.69, 9.17) is 4.74 Å². The van der Waals surface area contributed by atoms with Crippen molar-refractivity contribution in [1.29, 1.82) is 0 Å². The lowest BCUT2D eigenvalue weighted by Gasteiger charge is -2.32. The Morgan fingerprint density at radius 3 is 2.35 bits per heavy atom. The number of ether oxygens (including phenoxy) is 1. The van der Waals surface area contributed by atoms with Crippen molar-refractivity contribution in [2.24, 2.45) is 5.92 Å². The quantitative estimate of drug-likeness (QED) is 0.692. The number of hydrogen-bond donors (Lipinski definition) is 1. The van der Waals surface area contributed by atoms with Crippen molar-refractivity contribution in [2.45, 2.75) is 52.7 Å². The first-order valence-corrected chi connectivity index (χ1v) is 7.15. The van der Waals surface area contributed by atoms with Gasteiger partial charge in [0.15, 0.2) is 0 Å². The van der Waals surface area contributed by atoms with Crippen molar-refractivity contribution < 1.29 is 4.74 Å². The molecule has 0 aromatic rings. The molecule has 1 rings (SSSR count). The SMILES string of the molecule is CC(C)CN1CCC(OCCNC(C)C)CC1. The molecule has 0 bridgehead atoms. The zero-order valence-corrected chi connectivity index (χ0v) is 12.0. The fourth-order valence-electron chi connectivity index (χ4n) is 2.35. The molecule has 0 unspecified atom stereocenters. The van der Waals surface area contributed by atoms with E-state index in [9.17, 15) is 0 Å². The second-order valence-corrected chi connectivity index (χ2v) is 5.87. The van der Waals surface area contributed by atoms with Crippen LogP contribution in [0.3, 0.4) is 0 Å². The van der Waals surface area contributed by atoms with Gasteiger partial charge in [-0.1, -0.05) is 27.7 Å². The lowest BCUT2D eigenvalue weighted by Crippen LogP contribution is -2.39. The molecule has 3 heteroatoms. The number of piperidine rings is 1. The van der Waals surface area contributed by atoms with Gasteiger partial charge in [0.25, 0.3) is 0 Å². The molecule has 17 heavy (non-hydrogen) atoms. The lowest BCUT2D eigenvalue weighted by molar-refractivity contribution is 0.00665. The molecule has 0 aromatic heterocycles. The Balaban J connectivity index is 2.03. The number of likely N-dealkylation sites (tertiary alicyclic amines) is 1. The normalized spacial score (nSPS) is 19.4. The standard InChI is InChI=1S/C14H30N2O/c1-12(2)11-16-8-5-14(6-9-16)17-10-7-15-13(3)4/h12-15H,5-11H2,1-4H3. The van der Waals surface area contributed by atoms with Crippen LogP contribution in [0.1, 0.15) is 40.5 Å². The summed E-state index contributed by atoms with van der Waals surface area (Å²) in [5.41, 5.74) is 0. The number of rotatable bonds is 7. The molecule has 3 nitrogen and oxygen atoms in total. The van der Waals surface area contributed by atoms with Crippen LogP contribution in [-0.2, 0) is 4.74 Å². The molecule has 0 radical (unpaired) electrons. The highest BCUT2D eigenvalue weighted by molar-refractivity contribution is 4.73. The molecular formula is C14H30N2O. The average molecular weight is 242 g/mol. The van der Waals surface area contributed by atoms with E-state index in [0.717, 1.165) is 19.1 Å². The summed E-state index contributed by atoms with van der Waals surface area (Å²) in [6.45, 7) is 14.4. The van der Waals surface area contributed by atoms with Gasteiger partial charge in [-0.2, -0.15) is 0 Å². The van der Waals surface area contributed by atoms with Gasteiger partial charge in [0, 0.05) is 32.2 Å². The third kappa shape index (κ3) is 7.02. The molecule has 102 valence electrons. The average Bonchev–Trinajstić information content (AvgIpc) is 2.25. The smallest absolute Gasteiger partial charge is 0.0600 e. The number of hydrogen-bond acceptors (Lipinski definition) is 3. The summed E-state index contributed by atoms with van der Waals surface area (Å²) < 4.78 is 5.90. The Morgan fingerprint density at radius 1 is 1.18 bits per heavy atom. The summed E-state index contributed by atoms with van der Waals surface area (Å²) >= 11 is 0. The fourth-order valence-corrected chi connectivity index (χ4v) is 2.35. The van der Waals surface area contributed by atoms with E-state index in [1.54, 1.807) is 0 Å². The largest absolute Gasteiger partial charge is 0.377 e. The molecule has 1 heterocycles. The van der Waals surface area contributed by atoms with E-state index in [1.807, 2.05) is 0 Å². The van der Waals surface area contributed by atoms with Crippen molar-refractivity contribution in [3.05, 3.63) is 0 Å². The van der Waals surface area contributed by atoms with Gasteiger partial charge in [0.05, 0.1) is 12.7 Å². The summed E-state index contributed by atoms with van der Waals surface area (Å²) in [4.78, 5) is 2.57. The second-order valence-electron chi connectivity index (χ2n) is 5.87. The van der Waals surface area contributed by atoms with Crippen LogP contribution in [-0.4, -0.2) is 49.8 Å². The minimum Gasteiger partial charge on any atom is -0.377 e. The molecule has 0 atom stereocenters. The van der Waals surface area contributed by atoms with Crippen molar-refractivity contribution >= 4 is 0 Å². The van der Waals surface area contributed by atoms with Crippen LogP contribution in [0.2, 0.25) is 0 Å². The van der Waals surface area contributed by atoms with Gasteiger partial charge in [-0.15, -0.1) is 0 Å². The maximum Gasteiger partial charge on any atom is 0.0600 e. The van der Waals surface area contributed by atoms with E-state index in [-0.39, 0.29) is 0 Å². The minimum absolute atomic E-state index is 0.493. The molecule has 0 spiro atoms. The Labute approximate surface area is 107 Å². The third-order valence-corrected chi connectivity index (χ3v) is 3.17. The van der Waals surface area contributed by atoms with Crippen molar-refractivity contribution in [3.63, 3.8) is 0 Å². The third-order valence-electron chi connectivity index (χ3n) is 3.17. The van der Waals surface area contributed by atoms with Crippen LogP contribution in [0.25, 0.3) is 0 Å². The highest BCUT2D eigenvalue weighted by atomic mass is 16.5. The van der Waals surface area contributed by atoms with Gasteiger partial charge in [0.1, 0.15) is 0 Å². The van der Waals surface area contributed by atoms with Gasteiger partial charge >= 0.3 is 0 Å². The van der Waals surface area contributed by atoms with E-state index < -0.39 is 0 Å². The summed E-state index contributed by atoms with van der Waals surface area (Å²) in [5.74, 6) is 0.780. The van der Waals surface area contributed by atoms with Crippen LogP contribution >= 0.6 is 0 Å². The molecule has 0 aliphatic carbocycles. The van der Waals surface area contributed by atoms with E-state index >= 15 is 0 Å². The van der Waals surface area contributed by atoms with Crippen LogP contribution in [0.4, 0.5) is 0 Å². The zero-order chi connectivity index (χ0) is 12.7. The Hall–Kier alpha value is -0.120. The van der Waals surface area contributed by atoms with E-state index in [0.29, 0.717) is 12.1 Å². The first-order chi connectivity index (χ1) is 8.08. The predicted octanol–water partition coefficient (Wildman–Crippen LogP) is 2.12. The fraction of sp³-hybridized carbons (Fsp3) is 1.00. The highest BCUT2D eigenvalue weighted by Gasteiger charge is 2.19. The zero-order valence-electron chi connectivity index (χ0n) is 12.0. The van der Waals surface area contributed by atoms with Crippen LogP contribution in [0.15, 0.2) is 0 Å². The van der Waals surface area contributed by atoms with Crippen molar-refractivity contribution in [2.75, 3.05) is 32.8 Å². The minimum atomic E-state index is 0.493. The molecule has 0 aromatic carbocycles. The van der Waals surface area contributed by atoms with E-state index in [1.165, 1.54) is 32.5 Å². The van der Waals surface area contributed by atoms with Crippen LogP contribution in [0, 0.1) is 5.92 Å². The molecule has 0 saturated carbocycles. The summed E-state index contributed by atoms with van der Waals surface area (Å²) in [6.07, 6.45) is 2.90. The molecule has 1 aliphatic rings. The van der Waals surface area contributed by atoms with Gasteiger partial charge in [-0.05, 0) is 18.8 Å². The maximum absolute atomic E-state index is 5.90. The first kappa shape index (κ1) is 14.9. The molecule has 1 aliphatic heterocycles. The summed E-state index contributed by atoms with van der Waals surface area (Å²) in [7, 11) is 0. The monoisotopic (exact) mass is 242 g/mol. The topological polar surface area (TPSA) is 24.5 Å². The van der Waals surface area contributed by atoms with Crippen molar-refractivity contribution in [3.8, 4) is 0 Å². The summed E-state index contributed by atoms with van der Waals surface area (Å²) in [6, 6.07) is 0.562. The van der Waals surface area contributed by atoms with Crippen LogP contribution < -0.4 is 5.32 Å². The van der Waals surface area contributed by atoms with Gasteiger partial charge in [-0.25, -0.2) is 0 Å². The Bertz CT molecular complexity index is 184. The van der Waals surface area contributed by atoms with Gasteiger partial charge in [0.2, 0.25) is 0 Å². The first-order valence-electron chi connectivity index (χ1n) is 7.15. The number of nitrogens with one attached hydrogen (secondary N) is 1. The van der Waals surface area contributed by atoms with E-state index in [2.05, 4.69) is 37.9 Å². The number of nitrogens with zero attached hydrogens (tertiary/aromatic N) is 1. The Morgan fingerprint density at radius 2 is 1.82 bits per heavy atom. The highest BCUT2D eigenvalue weighted by Crippen LogP contribution is 2.14. The summed E-state index contributed by atoms with van der Waals surface area (Å²) in [5, 5.41) is 3.38. The molecule has 1 saturated heterocycles. The maximum atomic E-state index is 5.90. The van der Waals surface area contributed by atoms with Crippen molar-refractivity contribution in [1.82, 2.24) is 10.2 Å².